The van der Waals surface area contributed by atoms with Crippen molar-refractivity contribution in [1.29, 1.82) is 0 Å². The number of carbonyl (C=O) groups excluding carboxylic acids is 2. The quantitative estimate of drug-likeness (QED) is 0.213. The molecule has 0 bridgehead atoms. The second-order valence-electron chi connectivity index (χ2n) is 7.46. The summed E-state index contributed by atoms with van der Waals surface area (Å²) in [7, 11) is 0. The molecule has 0 saturated heterocycles. The topological polar surface area (TPSA) is 56.3 Å². The van der Waals surface area contributed by atoms with Gasteiger partial charge in [-0.2, -0.15) is 0 Å². The third-order valence-corrected chi connectivity index (χ3v) is 6.36. The molecular formula is C28H19NO3S. The Labute approximate surface area is 195 Å². The number of fused-ring (bicyclic) bond motifs is 1. The molecule has 0 aliphatic heterocycles. The van der Waals surface area contributed by atoms with Gasteiger partial charge in [0, 0.05) is 16.7 Å². The van der Waals surface area contributed by atoms with Crippen LogP contribution in [0.5, 0.6) is 0 Å². The van der Waals surface area contributed by atoms with E-state index < -0.39 is 12.1 Å². The van der Waals surface area contributed by atoms with Crippen molar-refractivity contribution in [3.05, 3.63) is 126 Å². The standard InChI is InChI=1S/C28H19NO3S/c30-25(19-11-3-1-4-12-19)26(20-13-5-2-6-14-20)32-28(31)22-16-8-7-15-21(22)27-29-23-17-9-10-18-24(23)33-27/h1-18,26H/t26-/m1/s1. The Hall–Kier alpha value is -4.09. The SMILES string of the molecule is O=C(O[C@@H](C(=O)c1ccccc1)c1ccccc1)c1ccccc1-c1nc2ccccc2s1. The Morgan fingerprint density at radius 1 is 0.727 bits per heavy atom. The van der Waals surface area contributed by atoms with Gasteiger partial charge in [0.05, 0.1) is 15.8 Å². The van der Waals surface area contributed by atoms with Crippen LogP contribution >= 0.6 is 11.3 Å². The predicted molar refractivity (Wildman–Crippen MR) is 130 cm³/mol. The molecule has 0 saturated carbocycles. The van der Waals surface area contributed by atoms with Crippen LogP contribution in [-0.2, 0) is 4.74 Å². The molecule has 0 amide bonds. The van der Waals surface area contributed by atoms with Crippen LogP contribution < -0.4 is 0 Å². The molecule has 1 heterocycles. The number of thiazole rings is 1. The number of ether oxygens (including phenoxy) is 1. The summed E-state index contributed by atoms with van der Waals surface area (Å²) in [6.45, 7) is 0. The van der Waals surface area contributed by atoms with Crippen molar-refractivity contribution < 1.29 is 14.3 Å². The van der Waals surface area contributed by atoms with E-state index >= 15 is 0 Å². The average Bonchev–Trinajstić information content (AvgIpc) is 3.32. The molecule has 5 rings (SSSR count). The van der Waals surface area contributed by atoms with Gasteiger partial charge in [-0.3, -0.25) is 4.79 Å². The van der Waals surface area contributed by atoms with Crippen molar-refractivity contribution in [3.63, 3.8) is 0 Å². The van der Waals surface area contributed by atoms with Crippen LogP contribution in [-0.4, -0.2) is 16.7 Å². The van der Waals surface area contributed by atoms with Crippen LogP contribution in [0.3, 0.4) is 0 Å². The smallest absolute Gasteiger partial charge is 0.339 e. The number of carbonyl (C=O) groups is 2. The number of hydrogen-bond donors (Lipinski definition) is 0. The fourth-order valence-corrected chi connectivity index (χ4v) is 4.67. The number of para-hydroxylation sites is 1. The highest BCUT2D eigenvalue weighted by atomic mass is 32.1. The number of ketones is 1. The lowest BCUT2D eigenvalue weighted by atomic mass is 9.99. The second kappa shape index (κ2) is 9.18. The lowest BCUT2D eigenvalue weighted by molar-refractivity contribution is 0.0281. The number of benzene rings is 4. The van der Waals surface area contributed by atoms with Crippen molar-refractivity contribution in [1.82, 2.24) is 4.98 Å². The Kier molecular flexibility index (Phi) is 5.79. The summed E-state index contributed by atoms with van der Waals surface area (Å²) in [5, 5.41) is 0.731. The van der Waals surface area contributed by atoms with Crippen molar-refractivity contribution in [2.75, 3.05) is 0 Å². The molecule has 33 heavy (non-hydrogen) atoms. The van der Waals surface area contributed by atoms with Crippen LogP contribution in [0.1, 0.15) is 32.4 Å². The van der Waals surface area contributed by atoms with Gasteiger partial charge in [0.2, 0.25) is 5.78 Å². The van der Waals surface area contributed by atoms with E-state index in [4.69, 9.17) is 4.74 Å². The summed E-state index contributed by atoms with van der Waals surface area (Å²) in [4.78, 5) is 31.4. The minimum absolute atomic E-state index is 0.271. The minimum Gasteiger partial charge on any atom is -0.445 e. The lowest BCUT2D eigenvalue weighted by Gasteiger charge is -2.18. The Balaban J connectivity index is 1.51. The zero-order valence-electron chi connectivity index (χ0n) is 17.5. The van der Waals surface area contributed by atoms with E-state index in [9.17, 15) is 9.59 Å². The third kappa shape index (κ3) is 4.31. The molecule has 5 heteroatoms. The molecule has 0 unspecified atom stereocenters. The highest BCUT2D eigenvalue weighted by Crippen LogP contribution is 2.33. The first-order valence-corrected chi connectivity index (χ1v) is 11.3. The van der Waals surface area contributed by atoms with E-state index in [1.807, 2.05) is 60.7 Å². The number of hydrogen-bond acceptors (Lipinski definition) is 5. The maximum absolute atomic E-state index is 13.4. The molecule has 0 N–H and O–H groups in total. The first-order chi connectivity index (χ1) is 16.2. The lowest BCUT2D eigenvalue weighted by Crippen LogP contribution is -2.20. The van der Waals surface area contributed by atoms with Crippen molar-refractivity contribution >= 4 is 33.3 Å². The number of aromatic nitrogens is 1. The maximum Gasteiger partial charge on any atom is 0.339 e. The summed E-state index contributed by atoms with van der Waals surface area (Å²) < 4.78 is 6.90. The molecule has 0 aliphatic rings. The normalized spacial score (nSPS) is 11.8. The zero-order valence-corrected chi connectivity index (χ0v) is 18.4. The molecule has 0 aliphatic carbocycles. The number of Topliss-reactive ketones (excluding diaryl/α,β-unsaturated/α-hetero) is 1. The molecule has 4 nitrogen and oxygen atoms in total. The fraction of sp³-hybridized carbons (Fsp3) is 0.0357. The van der Waals surface area contributed by atoms with Crippen molar-refractivity contribution in [2.45, 2.75) is 6.10 Å². The average molecular weight is 450 g/mol. The van der Waals surface area contributed by atoms with Crippen molar-refractivity contribution in [2.24, 2.45) is 0 Å². The molecule has 0 radical (unpaired) electrons. The maximum atomic E-state index is 13.4. The molecule has 0 fully saturated rings. The molecule has 160 valence electrons. The van der Waals surface area contributed by atoms with Crippen LogP contribution in [0.4, 0.5) is 0 Å². The second-order valence-corrected chi connectivity index (χ2v) is 8.49. The summed E-state index contributed by atoms with van der Waals surface area (Å²) in [5.74, 6) is -0.837. The Bertz CT molecular complexity index is 1390. The Morgan fingerprint density at radius 2 is 1.36 bits per heavy atom. The van der Waals surface area contributed by atoms with Gasteiger partial charge in [-0.05, 0) is 18.2 Å². The van der Waals surface area contributed by atoms with Gasteiger partial charge < -0.3 is 4.74 Å². The molecule has 1 atom stereocenters. The predicted octanol–water partition coefficient (Wildman–Crippen LogP) is 6.74. The summed E-state index contributed by atoms with van der Waals surface area (Å²) in [6, 6.07) is 33.0. The van der Waals surface area contributed by atoms with Gasteiger partial charge in [-0.25, -0.2) is 9.78 Å². The number of rotatable bonds is 6. The van der Waals surface area contributed by atoms with Crippen LogP contribution in [0.25, 0.3) is 20.8 Å². The van der Waals surface area contributed by atoms with E-state index in [2.05, 4.69) is 4.98 Å². The van der Waals surface area contributed by atoms with Gasteiger partial charge in [0.1, 0.15) is 5.01 Å². The largest absolute Gasteiger partial charge is 0.445 e. The van der Waals surface area contributed by atoms with E-state index in [0.29, 0.717) is 22.3 Å². The van der Waals surface area contributed by atoms with Crippen LogP contribution in [0.2, 0.25) is 0 Å². The highest BCUT2D eigenvalue weighted by molar-refractivity contribution is 7.21. The first-order valence-electron chi connectivity index (χ1n) is 10.5. The Morgan fingerprint density at radius 3 is 2.12 bits per heavy atom. The van der Waals surface area contributed by atoms with Crippen molar-refractivity contribution in [3.8, 4) is 10.6 Å². The molecule has 1 aromatic heterocycles. The number of esters is 1. The van der Waals surface area contributed by atoms with Gasteiger partial charge >= 0.3 is 5.97 Å². The summed E-state index contributed by atoms with van der Waals surface area (Å²) in [5.41, 5.74) is 3.04. The van der Waals surface area contributed by atoms with Crippen LogP contribution in [0.15, 0.2) is 109 Å². The van der Waals surface area contributed by atoms with Crippen LogP contribution in [0, 0.1) is 0 Å². The van der Waals surface area contributed by atoms with Gasteiger partial charge in [-0.15, -0.1) is 11.3 Å². The molecular weight excluding hydrogens is 430 g/mol. The summed E-state index contributed by atoms with van der Waals surface area (Å²) in [6.07, 6.45) is -1.05. The third-order valence-electron chi connectivity index (χ3n) is 5.29. The molecule has 5 aromatic rings. The van der Waals surface area contributed by atoms with E-state index in [-0.39, 0.29) is 5.78 Å². The number of nitrogens with zero attached hydrogens (tertiary/aromatic N) is 1. The first kappa shape index (κ1) is 20.8. The van der Waals surface area contributed by atoms with E-state index in [1.54, 1.807) is 48.5 Å². The van der Waals surface area contributed by atoms with Gasteiger partial charge in [-0.1, -0.05) is 91.0 Å². The zero-order chi connectivity index (χ0) is 22.6. The minimum atomic E-state index is -1.05. The monoisotopic (exact) mass is 449 g/mol. The highest BCUT2D eigenvalue weighted by Gasteiger charge is 2.28. The van der Waals surface area contributed by atoms with Gasteiger partial charge in [0.25, 0.3) is 0 Å². The fourth-order valence-electron chi connectivity index (χ4n) is 3.66. The molecule has 4 aromatic carbocycles. The molecule has 0 spiro atoms. The summed E-state index contributed by atoms with van der Waals surface area (Å²) >= 11 is 1.51. The van der Waals surface area contributed by atoms with E-state index in [1.165, 1.54) is 11.3 Å². The van der Waals surface area contributed by atoms with Gasteiger partial charge in [0.15, 0.2) is 6.10 Å². The van der Waals surface area contributed by atoms with E-state index in [0.717, 1.165) is 15.2 Å².